The molecule has 1 fully saturated rings. The van der Waals surface area contributed by atoms with Gasteiger partial charge in [0.05, 0.1) is 0 Å². The Morgan fingerprint density at radius 1 is 1.56 bits per heavy atom. The van der Waals surface area contributed by atoms with Crippen molar-refractivity contribution in [3.8, 4) is 0 Å². The molecule has 3 heterocycles. The van der Waals surface area contributed by atoms with Crippen molar-refractivity contribution >= 4 is 54.6 Å². The number of oxime groups is 1. The van der Waals surface area contributed by atoms with Crippen LogP contribution in [-0.2, 0) is 19.2 Å². The van der Waals surface area contributed by atoms with Crippen LogP contribution in [0.5, 0.6) is 0 Å². The molecule has 13 heteroatoms. The molecule has 144 valence electrons. The van der Waals surface area contributed by atoms with Crippen molar-refractivity contribution in [3.63, 3.8) is 0 Å². The summed E-state index contributed by atoms with van der Waals surface area (Å²) in [6, 6.07) is -0.848. The van der Waals surface area contributed by atoms with Gasteiger partial charge in [0.2, 0.25) is 0 Å². The molecule has 1 saturated heterocycles. The molecular weight excluding hydrogens is 445 g/mol. The predicted molar refractivity (Wildman–Crippen MR) is 96.0 cm³/mol. The van der Waals surface area contributed by atoms with Crippen molar-refractivity contribution < 1.29 is 29.1 Å². The summed E-state index contributed by atoms with van der Waals surface area (Å²) in [5.41, 5.74) is 6.48. The van der Waals surface area contributed by atoms with E-state index < -0.39 is 29.4 Å². The third kappa shape index (κ3) is 3.66. The number of carbonyl (C=O) groups excluding carboxylic acids is 2. The maximum atomic E-state index is 12.6. The molecule has 2 aliphatic rings. The van der Waals surface area contributed by atoms with E-state index in [9.17, 15) is 14.4 Å². The van der Waals surface area contributed by atoms with Crippen molar-refractivity contribution in [2.75, 3.05) is 18.6 Å². The van der Waals surface area contributed by atoms with Gasteiger partial charge in [0, 0.05) is 0 Å². The zero-order valence-corrected chi connectivity index (χ0v) is 16.7. The van der Waals surface area contributed by atoms with Gasteiger partial charge < -0.3 is 0 Å². The Labute approximate surface area is 163 Å². The number of hydrogen-bond acceptors (Lipinski definition) is 9. The zero-order valence-electron chi connectivity index (χ0n) is 14.2. The average molecular weight is 460 g/mol. The monoisotopic (exact) mass is 461 g/mol. The molecule has 0 aromatic carbocycles. The molecule has 1 aromatic rings. The summed E-state index contributed by atoms with van der Waals surface area (Å²) >= 11 is 1.22. The minimum absolute atomic E-state index is 0.00824. The second kappa shape index (κ2) is 7.62. The maximum absolute atomic E-state index is 12.6. The summed E-state index contributed by atoms with van der Waals surface area (Å²) in [5.74, 6) is -0.647. The number of nitrogens with zero attached hydrogens (tertiary/aromatic N) is 3. The molecule has 0 bridgehead atoms. The van der Waals surface area contributed by atoms with E-state index in [1.54, 1.807) is 11.9 Å². The Morgan fingerprint density at radius 3 is 2.89 bits per heavy atom. The Bertz CT molecular complexity index is 868. The number of amides is 2. The van der Waals surface area contributed by atoms with Crippen LogP contribution in [0, 0.1) is 0 Å². The molecule has 27 heavy (non-hydrogen) atoms. The number of carbonyl (C=O) groups is 3. The second-order valence-electron chi connectivity index (χ2n) is 5.51. The molecule has 0 aliphatic carbocycles. The summed E-state index contributed by atoms with van der Waals surface area (Å²) in [5, 5.41) is 14.7. The molecule has 2 atom stereocenters. The molecule has 11 nitrogen and oxygen atoms in total. The van der Waals surface area contributed by atoms with E-state index in [0.717, 1.165) is 0 Å². The molecule has 1 aromatic heterocycles. The fourth-order valence-electron chi connectivity index (χ4n) is 2.58. The van der Waals surface area contributed by atoms with Crippen LogP contribution in [0.2, 0.25) is 0 Å². The Balaban J connectivity index is 1.76. The number of aromatic nitrogens is 1. The molecule has 0 radical (unpaired) electrons. The number of β-lactam (4-membered cyclic amide) rings is 1. The van der Waals surface area contributed by atoms with Gasteiger partial charge >= 0.3 is 163 Å². The van der Waals surface area contributed by atoms with Gasteiger partial charge in [0.15, 0.2) is 0 Å². The van der Waals surface area contributed by atoms with Crippen molar-refractivity contribution in [3.05, 3.63) is 22.1 Å². The van der Waals surface area contributed by atoms with Crippen LogP contribution in [0.4, 0.5) is 9.49 Å². The van der Waals surface area contributed by atoms with E-state index in [0.29, 0.717) is 16.0 Å². The van der Waals surface area contributed by atoms with Crippen LogP contribution >= 0.6 is 11.8 Å². The van der Waals surface area contributed by atoms with Crippen LogP contribution in [-0.4, -0.2) is 77.5 Å². The van der Waals surface area contributed by atoms with E-state index >= 15 is 0 Å². The first kappa shape index (κ1) is 19.3. The molecule has 2 aliphatic heterocycles. The van der Waals surface area contributed by atoms with Gasteiger partial charge in [-0.05, 0) is 0 Å². The van der Waals surface area contributed by atoms with Gasteiger partial charge in [0.1, 0.15) is 0 Å². The Morgan fingerprint density at radius 2 is 2.30 bits per heavy atom. The van der Waals surface area contributed by atoms with Crippen LogP contribution in [0.3, 0.4) is 0 Å². The van der Waals surface area contributed by atoms with Crippen molar-refractivity contribution in [1.29, 1.82) is 0 Å². The number of nitrogens with one attached hydrogen (secondary N) is 1. The molecule has 0 spiro atoms. The predicted octanol–water partition coefficient (Wildman–Crippen LogP) is -0.603. The van der Waals surface area contributed by atoms with Crippen LogP contribution < -0.4 is 11.1 Å². The summed E-state index contributed by atoms with van der Waals surface area (Å²) in [7, 11) is 1.29. The summed E-state index contributed by atoms with van der Waals surface area (Å²) in [6.45, 7) is 1.68. The van der Waals surface area contributed by atoms with Gasteiger partial charge in [-0.3, -0.25) is 0 Å². The molecule has 0 saturated carbocycles. The quantitative estimate of drug-likeness (QED) is 0.172. The van der Waals surface area contributed by atoms with Crippen LogP contribution in [0.1, 0.15) is 12.6 Å². The standard InChI is InChI=1S/C14H15N5O6SSe/c1-5-3-26-12-8(10(21)19(12)11(5)25-14(22)23)17-9(20)7(18-24-2)6-4-27-13(15)16-6/h4,8,12H,3H2,1-2H3,(H2,15,16)(H,17,20)(H,22,23)/b18-7-/t8-,12-/m1/s1. The van der Waals surface area contributed by atoms with E-state index in [4.69, 9.17) is 20.4 Å². The SMILES string of the molecule is CO/N=C(\C(=O)N[C@@H]1C(=O)N2C(OC(=O)O)=C(C)CS[C@H]12)c1c[se]c(N)n1. The fourth-order valence-corrected chi connectivity index (χ4v) is 5.00. The average Bonchev–Trinajstić information content (AvgIpc) is 3.04. The Kier molecular flexibility index (Phi) is 5.44. The number of nitrogen functional groups attached to an aromatic ring is 1. The summed E-state index contributed by atoms with van der Waals surface area (Å²) in [4.78, 5) is 47.6. The van der Waals surface area contributed by atoms with Gasteiger partial charge in [0.25, 0.3) is 0 Å². The molecule has 0 unspecified atom stereocenters. The van der Waals surface area contributed by atoms with E-state index in [2.05, 4.69) is 15.5 Å². The third-order valence-electron chi connectivity index (χ3n) is 3.73. The minimum atomic E-state index is -1.50. The van der Waals surface area contributed by atoms with Gasteiger partial charge in [-0.25, -0.2) is 0 Å². The van der Waals surface area contributed by atoms with Gasteiger partial charge in [-0.2, -0.15) is 0 Å². The van der Waals surface area contributed by atoms with Crippen molar-refractivity contribution in [1.82, 2.24) is 15.2 Å². The number of hydrogen-bond donors (Lipinski definition) is 3. The van der Waals surface area contributed by atoms with E-state index in [1.807, 2.05) is 0 Å². The summed E-state index contributed by atoms with van der Waals surface area (Å²) < 4.78 is 5.13. The molecule has 2 amide bonds. The zero-order chi connectivity index (χ0) is 19.7. The van der Waals surface area contributed by atoms with Gasteiger partial charge in [-0.1, -0.05) is 0 Å². The fraction of sp³-hybridized carbons (Fsp3) is 0.357. The van der Waals surface area contributed by atoms with Gasteiger partial charge in [-0.15, -0.1) is 0 Å². The normalized spacial score (nSPS) is 22.1. The number of rotatable bonds is 5. The number of anilines is 1. The topological polar surface area (TPSA) is 156 Å². The van der Waals surface area contributed by atoms with E-state index in [-0.39, 0.29) is 31.8 Å². The first-order valence-electron chi connectivity index (χ1n) is 7.52. The third-order valence-corrected chi connectivity index (χ3v) is 6.57. The van der Waals surface area contributed by atoms with Crippen LogP contribution in [0.25, 0.3) is 0 Å². The number of carboxylic acid groups (broad SMARTS) is 1. The first-order chi connectivity index (χ1) is 12.8. The summed E-state index contributed by atoms with van der Waals surface area (Å²) in [6.07, 6.45) is -1.50. The molecule has 4 N–H and O–H groups in total. The first-order valence-corrected chi connectivity index (χ1v) is 10.4. The van der Waals surface area contributed by atoms with E-state index in [1.165, 1.54) is 23.8 Å². The molecule has 3 rings (SSSR count). The molecular formula is C14H15N5O6SSe. The van der Waals surface area contributed by atoms with Crippen molar-refractivity contribution in [2.24, 2.45) is 5.16 Å². The second-order valence-corrected chi connectivity index (χ2v) is 8.48. The number of fused-ring (bicyclic) bond motifs is 1. The number of ether oxygens (including phenoxy) is 1. The van der Waals surface area contributed by atoms with Crippen LogP contribution in [0.15, 0.2) is 21.6 Å². The number of nitrogens with two attached hydrogens (primary N) is 1. The Hall–Kier alpha value is -2.50. The van der Waals surface area contributed by atoms with Crippen molar-refractivity contribution in [2.45, 2.75) is 18.3 Å². The number of thioether (sulfide) groups is 1.